The minimum atomic E-state index is 0.361. The van der Waals surface area contributed by atoms with E-state index in [2.05, 4.69) is 26.1 Å². The summed E-state index contributed by atoms with van der Waals surface area (Å²) in [6.45, 7) is 9.46. The average molecular weight is 293 g/mol. The largest absolute Gasteiger partial charge is 0.493 e. The summed E-state index contributed by atoms with van der Waals surface area (Å²) in [5, 5.41) is 3.49. The van der Waals surface area contributed by atoms with Crippen molar-refractivity contribution in [3.8, 4) is 11.5 Å². The van der Waals surface area contributed by atoms with Crippen LogP contribution in [0.15, 0.2) is 24.3 Å². The van der Waals surface area contributed by atoms with Gasteiger partial charge in [-0.3, -0.25) is 0 Å². The Morgan fingerprint density at radius 2 is 1.81 bits per heavy atom. The number of unbranched alkanes of at least 4 members (excludes halogenated alkanes) is 2. The van der Waals surface area contributed by atoms with Gasteiger partial charge in [-0.1, -0.05) is 52.2 Å². The van der Waals surface area contributed by atoms with E-state index < -0.39 is 0 Å². The molecule has 0 aliphatic carbocycles. The molecule has 0 heterocycles. The molecule has 0 aromatic heterocycles. The van der Waals surface area contributed by atoms with E-state index in [9.17, 15) is 0 Å². The highest BCUT2D eigenvalue weighted by atomic mass is 16.5. The molecule has 0 amide bonds. The Balaban J connectivity index is 2.19. The van der Waals surface area contributed by atoms with Crippen molar-refractivity contribution in [3.63, 3.8) is 0 Å². The highest BCUT2D eigenvalue weighted by Crippen LogP contribution is 2.25. The fourth-order valence-corrected chi connectivity index (χ4v) is 2.34. The van der Waals surface area contributed by atoms with Crippen LogP contribution in [-0.4, -0.2) is 26.8 Å². The van der Waals surface area contributed by atoms with Crippen molar-refractivity contribution in [1.29, 1.82) is 0 Å². The van der Waals surface area contributed by atoms with Crippen LogP contribution < -0.4 is 14.8 Å². The Labute approximate surface area is 130 Å². The monoisotopic (exact) mass is 293 g/mol. The molecule has 21 heavy (non-hydrogen) atoms. The SMILES string of the molecule is CCCCCC(C)(C)CNCCOc1ccccc1OC. The zero-order valence-electron chi connectivity index (χ0n) is 14.1. The highest BCUT2D eigenvalue weighted by molar-refractivity contribution is 5.39. The second-order valence-corrected chi connectivity index (χ2v) is 6.30. The predicted molar refractivity (Wildman–Crippen MR) is 89.3 cm³/mol. The van der Waals surface area contributed by atoms with Crippen LogP contribution in [0.2, 0.25) is 0 Å². The van der Waals surface area contributed by atoms with Gasteiger partial charge < -0.3 is 14.8 Å². The van der Waals surface area contributed by atoms with Gasteiger partial charge in [0.15, 0.2) is 11.5 Å². The summed E-state index contributed by atoms with van der Waals surface area (Å²) in [6.07, 6.45) is 5.22. The van der Waals surface area contributed by atoms with Crippen LogP contribution in [0, 0.1) is 5.41 Å². The molecule has 0 saturated carbocycles. The second kappa shape index (κ2) is 9.67. The van der Waals surface area contributed by atoms with E-state index in [1.807, 2.05) is 24.3 Å². The lowest BCUT2D eigenvalue weighted by atomic mass is 9.87. The molecule has 0 spiro atoms. The summed E-state index contributed by atoms with van der Waals surface area (Å²) < 4.78 is 11.0. The van der Waals surface area contributed by atoms with E-state index in [0.717, 1.165) is 24.6 Å². The van der Waals surface area contributed by atoms with E-state index in [0.29, 0.717) is 12.0 Å². The molecule has 1 N–H and O–H groups in total. The molecule has 0 aliphatic rings. The average Bonchev–Trinajstić information content (AvgIpc) is 2.47. The topological polar surface area (TPSA) is 30.5 Å². The number of ether oxygens (including phenoxy) is 2. The molecule has 120 valence electrons. The van der Waals surface area contributed by atoms with Crippen LogP contribution in [0.4, 0.5) is 0 Å². The maximum atomic E-state index is 5.75. The van der Waals surface area contributed by atoms with E-state index in [1.54, 1.807) is 7.11 Å². The van der Waals surface area contributed by atoms with Gasteiger partial charge in [-0.05, 0) is 24.0 Å². The van der Waals surface area contributed by atoms with Crippen molar-refractivity contribution >= 4 is 0 Å². The van der Waals surface area contributed by atoms with Crippen molar-refractivity contribution in [2.45, 2.75) is 46.5 Å². The normalized spacial score (nSPS) is 11.4. The first kappa shape index (κ1) is 17.8. The van der Waals surface area contributed by atoms with Gasteiger partial charge in [-0.25, -0.2) is 0 Å². The summed E-state index contributed by atoms with van der Waals surface area (Å²) in [5.41, 5.74) is 0.361. The molecule has 0 unspecified atom stereocenters. The third-order valence-corrected chi connectivity index (χ3v) is 3.67. The van der Waals surface area contributed by atoms with Crippen LogP contribution >= 0.6 is 0 Å². The van der Waals surface area contributed by atoms with Crippen LogP contribution in [0.3, 0.4) is 0 Å². The number of rotatable bonds is 11. The number of methoxy groups -OCH3 is 1. The second-order valence-electron chi connectivity index (χ2n) is 6.30. The minimum Gasteiger partial charge on any atom is -0.493 e. The summed E-state index contributed by atoms with van der Waals surface area (Å²) >= 11 is 0. The van der Waals surface area contributed by atoms with Gasteiger partial charge in [0.2, 0.25) is 0 Å². The molecule has 1 rings (SSSR count). The first-order valence-electron chi connectivity index (χ1n) is 8.05. The quantitative estimate of drug-likeness (QED) is 0.618. The van der Waals surface area contributed by atoms with Crippen LogP contribution in [-0.2, 0) is 0 Å². The van der Waals surface area contributed by atoms with E-state index in [1.165, 1.54) is 25.7 Å². The fourth-order valence-electron chi connectivity index (χ4n) is 2.34. The standard InChI is InChI=1S/C18H31NO2/c1-5-6-9-12-18(2,3)15-19-13-14-21-17-11-8-7-10-16(17)20-4/h7-8,10-11,19H,5-6,9,12-15H2,1-4H3. The van der Waals surface area contributed by atoms with Crippen molar-refractivity contribution in [1.82, 2.24) is 5.32 Å². The van der Waals surface area contributed by atoms with Crippen molar-refractivity contribution in [2.24, 2.45) is 5.41 Å². The van der Waals surface area contributed by atoms with E-state index in [-0.39, 0.29) is 0 Å². The molecule has 0 aliphatic heterocycles. The minimum absolute atomic E-state index is 0.361. The zero-order chi connectivity index (χ0) is 15.6. The predicted octanol–water partition coefficient (Wildman–Crippen LogP) is 4.27. The molecule has 3 nitrogen and oxygen atoms in total. The highest BCUT2D eigenvalue weighted by Gasteiger charge is 2.16. The van der Waals surface area contributed by atoms with Gasteiger partial charge in [0.05, 0.1) is 7.11 Å². The third-order valence-electron chi connectivity index (χ3n) is 3.67. The van der Waals surface area contributed by atoms with Crippen LogP contribution in [0.5, 0.6) is 11.5 Å². The van der Waals surface area contributed by atoms with Gasteiger partial charge in [0.1, 0.15) is 6.61 Å². The lowest BCUT2D eigenvalue weighted by molar-refractivity contribution is 0.265. The van der Waals surface area contributed by atoms with E-state index in [4.69, 9.17) is 9.47 Å². The Morgan fingerprint density at radius 3 is 2.48 bits per heavy atom. The molecule has 3 heteroatoms. The Kier molecular flexibility index (Phi) is 8.21. The maximum absolute atomic E-state index is 5.75. The van der Waals surface area contributed by atoms with Crippen LogP contribution in [0.1, 0.15) is 46.5 Å². The molecule has 0 atom stereocenters. The fraction of sp³-hybridized carbons (Fsp3) is 0.667. The number of hydrogen-bond donors (Lipinski definition) is 1. The van der Waals surface area contributed by atoms with Gasteiger partial charge in [-0.15, -0.1) is 0 Å². The molecule has 1 aromatic rings. The molecular formula is C18H31NO2. The molecular weight excluding hydrogens is 262 g/mol. The Bertz CT molecular complexity index is 391. The number of para-hydroxylation sites is 2. The number of nitrogens with one attached hydrogen (secondary N) is 1. The molecule has 1 aromatic carbocycles. The van der Waals surface area contributed by atoms with Gasteiger partial charge >= 0.3 is 0 Å². The van der Waals surface area contributed by atoms with Gasteiger partial charge in [-0.2, -0.15) is 0 Å². The first-order valence-corrected chi connectivity index (χ1v) is 8.05. The van der Waals surface area contributed by atoms with Crippen molar-refractivity contribution < 1.29 is 9.47 Å². The van der Waals surface area contributed by atoms with Gasteiger partial charge in [0, 0.05) is 13.1 Å². The Hall–Kier alpha value is -1.22. The Morgan fingerprint density at radius 1 is 1.10 bits per heavy atom. The van der Waals surface area contributed by atoms with Crippen molar-refractivity contribution in [2.75, 3.05) is 26.8 Å². The number of hydrogen-bond acceptors (Lipinski definition) is 3. The summed E-state index contributed by atoms with van der Waals surface area (Å²) in [4.78, 5) is 0. The van der Waals surface area contributed by atoms with E-state index >= 15 is 0 Å². The maximum Gasteiger partial charge on any atom is 0.161 e. The molecule has 0 radical (unpaired) electrons. The lowest BCUT2D eigenvalue weighted by Crippen LogP contribution is -2.32. The zero-order valence-corrected chi connectivity index (χ0v) is 14.1. The third kappa shape index (κ3) is 7.37. The summed E-state index contributed by atoms with van der Waals surface area (Å²) in [7, 11) is 1.67. The molecule has 0 saturated heterocycles. The smallest absolute Gasteiger partial charge is 0.161 e. The van der Waals surface area contributed by atoms with Crippen LogP contribution in [0.25, 0.3) is 0 Å². The number of benzene rings is 1. The first-order chi connectivity index (χ1) is 10.1. The lowest BCUT2D eigenvalue weighted by Gasteiger charge is -2.25. The van der Waals surface area contributed by atoms with Crippen molar-refractivity contribution in [3.05, 3.63) is 24.3 Å². The van der Waals surface area contributed by atoms with Gasteiger partial charge in [0.25, 0.3) is 0 Å². The summed E-state index contributed by atoms with van der Waals surface area (Å²) in [5.74, 6) is 1.60. The summed E-state index contributed by atoms with van der Waals surface area (Å²) in [6, 6.07) is 7.76. The molecule has 0 fully saturated rings. The molecule has 0 bridgehead atoms.